The third-order valence-corrected chi connectivity index (χ3v) is 5.56. The van der Waals surface area contributed by atoms with Crippen LogP contribution in [0, 0.1) is 5.92 Å². The molecule has 0 unspecified atom stereocenters. The maximum absolute atomic E-state index is 12.4. The molecule has 5 nitrogen and oxygen atoms in total. The second kappa shape index (κ2) is 7.50. The van der Waals surface area contributed by atoms with Crippen LogP contribution in [-0.4, -0.2) is 20.9 Å². The van der Waals surface area contributed by atoms with Gasteiger partial charge in [0, 0.05) is 24.3 Å². The molecule has 0 aromatic heterocycles. The standard InChI is InChI=1S/C20H24N2O3S/c1-15(2)13-22-19-10-9-18(12-17(19)8-11-20(22)23)21-26(24,25)14-16-6-4-3-5-7-16/h3-7,9-10,12,15,21H,8,11,13-14H2,1-2H3. The summed E-state index contributed by atoms with van der Waals surface area (Å²) in [6, 6.07) is 14.5. The van der Waals surface area contributed by atoms with Crippen LogP contribution in [0.2, 0.25) is 0 Å². The van der Waals surface area contributed by atoms with Crippen molar-refractivity contribution in [2.24, 2.45) is 5.92 Å². The molecule has 0 spiro atoms. The molecule has 0 aliphatic carbocycles. The summed E-state index contributed by atoms with van der Waals surface area (Å²) >= 11 is 0. The van der Waals surface area contributed by atoms with E-state index in [-0.39, 0.29) is 11.7 Å². The molecule has 6 heteroatoms. The lowest BCUT2D eigenvalue weighted by Gasteiger charge is -2.31. The first-order chi connectivity index (χ1) is 12.3. The molecule has 1 aliphatic heterocycles. The predicted octanol–water partition coefficient (Wildman–Crippen LogP) is 3.56. The Morgan fingerprint density at radius 3 is 2.50 bits per heavy atom. The van der Waals surface area contributed by atoms with E-state index < -0.39 is 10.0 Å². The van der Waals surface area contributed by atoms with Crippen LogP contribution in [0.1, 0.15) is 31.4 Å². The number of nitrogens with zero attached hydrogens (tertiary/aromatic N) is 1. The van der Waals surface area contributed by atoms with Gasteiger partial charge in [0.1, 0.15) is 0 Å². The Balaban J connectivity index is 1.79. The monoisotopic (exact) mass is 372 g/mol. The molecule has 2 aromatic carbocycles. The van der Waals surface area contributed by atoms with Gasteiger partial charge in [-0.1, -0.05) is 44.2 Å². The lowest BCUT2D eigenvalue weighted by atomic mass is 9.99. The molecule has 0 atom stereocenters. The number of carbonyl (C=O) groups excluding carboxylic acids is 1. The van der Waals surface area contributed by atoms with Crippen LogP contribution in [0.15, 0.2) is 48.5 Å². The number of amides is 1. The summed E-state index contributed by atoms with van der Waals surface area (Å²) < 4.78 is 27.5. The molecule has 0 fully saturated rings. The van der Waals surface area contributed by atoms with Crippen molar-refractivity contribution in [3.05, 3.63) is 59.7 Å². The quantitative estimate of drug-likeness (QED) is 0.843. The van der Waals surface area contributed by atoms with Crippen LogP contribution in [-0.2, 0) is 27.0 Å². The number of anilines is 2. The minimum absolute atomic E-state index is 0.0666. The highest BCUT2D eigenvalue weighted by atomic mass is 32.2. The van der Waals surface area contributed by atoms with E-state index in [0.717, 1.165) is 16.8 Å². The molecule has 2 aromatic rings. The Morgan fingerprint density at radius 1 is 1.08 bits per heavy atom. The maximum Gasteiger partial charge on any atom is 0.236 e. The number of aryl methyl sites for hydroxylation is 1. The predicted molar refractivity (Wildman–Crippen MR) is 105 cm³/mol. The molecule has 138 valence electrons. The summed E-state index contributed by atoms with van der Waals surface area (Å²) in [7, 11) is -3.49. The number of rotatable bonds is 6. The van der Waals surface area contributed by atoms with Crippen molar-refractivity contribution in [2.75, 3.05) is 16.2 Å². The van der Waals surface area contributed by atoms with Gasteiger partial charge in [-0.2, -0.15) is 0 Å². The smallest absolute Gasteiger partial charge is 0.236 e. The first-order valence-corrected chi connectivity index (χ1v) is 10.5. The molecular formula is C20H24N2O3S. The maximum atomic E-state index is 12.4. The lowest BCUT2D eigenvalue weighted by Crippen LogP contribution is -2.37. The Morgan fingerprint density at radius 2 is 1.81 bits per heavy atom. The second-order valence-electron chi connectivity index (χ2n) is 7.09. The Bertz CT molecular complexity index is 893. The summed E-state index contributed by atoms with van der Waals surface area (Å²) in [5, 5.41) is 0. The lowest BCUT2D eigenvalue weighted by molar-refractivity contribution is -0.119. The van der Waals surface area contributed by atoms with E-state index in [2.05, 4.69) is 18.6 Å². The van der Waals surface area contributed by atoms with Crippen LogP contribution in [0.3, 0.4) is 0 Å². The molecule has 1 heterocycles. The fraction of sp³-hybridized carbons (Fsp3) is 0.350. The van der Waals surface area contributed by atoms with Gasteiger partial charge >= 0.3 is 0 Å². The van der Waals surface area contributed by atoms with Crippen LogP contribution in [0.5, 0.6) is 0 Å². The summed E-state index contributed by atoms with van der Waals surface area (Å²) in [5.41, 5.74) is 3.18. The summed E-state index contributed by atoms with van der Waals surface area (Å²) in [6.45, 7) is 4.83. The fourth-order valence-corrected chi connectivity index (χ4v) is 4.39. The molecule has 0 saturated heterocycles. The first kappa shape index (κ1) is 18.5. The average molecular weight is 372 g/mol. The third-order valence-electron chi connectivity index (χ3n) is 4.30. The van der Waals surface area contributed by atoms with Crippen molar-refractivity contribution in [3.8, 4) is 0 Å². The third kappa shape index (κ3) is 4.43. The second-order valence-corrected chi connectivity index (χ2v) is 8.81. The van der Waals surface area contributed by atoms with E-state index in [1.165, 1.54) is 0 Å². The Labute approximate surface area is 155 Å². The van der Waals surface area contributed by atoms with Gasteiger partial charge in [-0.3, -0.25) is 9.52 Å². The number of fused-ring (bicyclic) bond motifs is 1. The molecule has 3 rings (SSSR count). The molecule has 1 amide bonds. The zero-order valence-corrected chi connectivity index (χ0v) is 15.9. The van der Waals surface area contributed by atoms with Gasteiger partial charge in [0.05, 0.1) is 5.75 Å². The summed E-state index contributed by atoms with van der Waals surface area (Å²) in [5.74, 6) is 0.431. The zero-order valence-electron chi connectivity index (χ0n) is 15.1. The van der Waals surface area contributed by atoms with E-state index in [9.17, 15) is 13.2 Å². The number of hydrogen-bond donors (Lipinski definition) is 1. The van der Waals surface area contributed by atoms with Crippen LogP contribution in [0.4, 0.5) is 11.4 Å². The molecule has 0 bridgehead atoms. The summed E-state index contributed by atoms with van der Waals surface area (Å²) in [6.07, 6.45) is 1.09. The topological polar surface area (TPSA) is 66.5 Å². The summed E-state index contributed by atoms with van der Waals surface area (Å²) in [4.78, 5) is 14.0. The number of benzene rings is 2. The highest BCUT2D eigenvalue weighted by Gasteiger charge is 2.25. The van der Waals surface area contributed by atoms with Crippen molar-refractivity contribution in [1.82, 2.24) is 0 Å². The highest BCUT2D eigenvalue weighted by molar-refractivity contribution is 7.91. The van der Waals surface area contributed by atoms with Gasteiger partial charge in [-0.15, -0.1) is 0 Å². The molecule has 26 heavy (non-hydrogen) atoms. The highest BCUT2D eigenvalue weighted by Crippen LogP contribution is 2.31. The van der Waals surface area contributed by atoms with Gasteiger partial charge in [0.25, 0.3) is 0 Å². The Kier molecular flexibility index (Phi) is 5.32. The molecular weight excluding hydrogens is 348 g/mol. The molecule has 0 saturated carbocycles. The first-order valence-electron chi connectivity index (χ1n) is 8.82. The van der Waals surface area contributed by atoms with E-state index in [0.29, 0.717) is 31.0 Å². The van der Waals surface area contributed by atoms with Crippen molar-refractivity contribution < 1.29 is 13.2 Å². The van der Waals surface area contributed by atoms with Crippen LogP contribution in [0.25, 0.3) is 0 Å². The van der Waals surface area contributed by atoms with E-state index in [1.807, 2.05) is 35.2 Å². The van der Waals surface area contributed by atoms with Crippen molar-refractivity contribution in [3.63, 3.8) is 0 Å². The van der Waals surface area contributed by atoms with Gasteiger partial charge in [-0.05, 0) is 41.7 Å². The van der Waals surface area contributed by atoms with Crippen molar-refractivity contribution >= 4 is 27.3 Å². The van der Waals surface area contributed by atoms with Crippen LogP contribution >= 0.6 is 0 Å². The molecule has 1 aliphatic rings. The van der Waals surface area contributed by atoms with Crippen molar-refractivity contribution in [2.45, 2.75) is 32.4 Å². The van der Waals surface area contributed by atoms with E-state index in [1.54, 1.807) is 18.2 Å². The molecule has 1 N–H and O–H groups in total. The van der Waals surface area contributed by atoms with Crippen LogP contribution < -0.4 is 9.62 Å². The Hall–Kier alpha value is -2.34. The van der Waals surface area contributed by atoms with Crippen molar-refractivity contribution in [1.29, 1.82) is 0 Å². The van der Waals surface area contributed by atoms with Gasteiger partial charge in [0.2, 0.25) is 15.9 Å². The number of sulfonamides is 1. The SMILES string of the molecule is CC(C)CN1C(=O)CCc2cc(NS(=O)(=O)Cc3ccccc3)ccc21. The largest absolute Gasteiger partial charge is 0.312 e. The van der Waals surface area contributed by atoms with Gasteiger partial charge < -0.3 is 4.90 Å². The minimum atomic E-state index is -3.49. The zero-order chi connectivity index (χ0) is 18.7. The molecule has 0 radical (unpaired) electrons. The fourth-order valence-electron chi connectivity index (χ4n) is 3.20. The van der Waals surface area contributed by atoms with Gasteiger partial charge in [-0.25, -0.2) is 8.42 Å². The number of nitrogens with one attached hydrogen (secondary N) is 1. The van der Waals surface area contributed by atoms with Gasteiger partial charge in [0.15, 0.2) is 0 Å². The minimum Gasteiger partial charge on any atom is -0.312 e. The normalized spacial score (nSPS) is 14.4. The van der Waals surface area contributed by atoms with E-state index >= 15 is 0 Å². The number of carbonyl (C=O) groups is 1. The average Bonchev–Trinajstić information content (AvgIpc) is 2.57. The van der Waals surface area contributed by atoms with E-state index in [4.69, 9.17) is 0 Å². The number of hydrogen-bond acceptors (Lipinski definition) is 3.